The van der Waals surface area contributed by atoms with Crippen molar-refractivity contribution in [2.24, 2.45) is 0 Å². The van der Waals surface area contributed by atoms with Crippen LogP contribution in [-0.2, 0) is 0 Å². The van der Waals surface area contributed by atoms with Gasteiger partial charge in [-0.05, 0) is 35.9 Å². The van der Waals surface area contributed by atoms with E-state index in [0.717, 1.165) is 17.2 Å². The first-order valence-electron chi connectivity index (χ1n) is 8.25. The minimum atomic E-state index is -0.569. The van der Waals surface area contributed by atoms with Gasteiger partial charge < -0.3 is 19.5 Å². The normalized spacial score (nSPS) is 10.3. The van der Waals surface area contributed by atoms with Crippen molar-refractivity contribution in [3.63, 3.8) is 0 Å². The topological polar surface area (TPSA) is 82.6 Å². The van der Waals surface area contributed by atoms with E-state index in [9.17, 15) is 9.18 Å². The predicted molar refractivity (Wildman–Crippen MR) is 101 cm³/mol. The van der Waals surface area contributed by atoms with Crippen molar-refractivity contribution in [1.82, 2.24) is 9.97 Å². The molecule has 2 aromatic heterocycles. The van der Waals surface area contributed by atoms with Gasteiger partial charge in [-0.15, -0.1) is 0 Å². The van der Waals surface area contributed by atoms with Crippen LogP contribution in [0, 0.1) is 5.82 Å². The van der Waals surface area contributed by atoms with E-state index in [1.165, 1.54) is 33.5 Å². The number of carbonyl (C=O) groups excluding carboxylic acids is 1. The maximum absolute atomic E-state index is 13.5. The Balaban J connectivity index is 1.91. The highest BCUT2D eigenvalue weighted by atomic mass is 19.1. The molecule has 3 rings (SSSR count). The summed E-state index contributed by atoms with van der Waals surface area (Å²) in [6.45, 7) is 0. The molecule has 3 aromatic rings. The number of nitrogens with zero attached hydrogens (tertiary/aromatic N) is 2. The molecule has 0 aliphatic carbocycles. The molecule has 28 heavy (non-hydrogen) atoms. The Kier molecular flexibility index (Phi) is 5.69. The second-order valence-corrected chi connectivity index (χ2v) is 5.66. The van der Waals surface area contributed by atoms with Gasteiger partial charge in [0.2, 0.25) is 5.88 Å². The van der Waals surface area contributed by atoms with Crippen molar-refractivity contribution in [2.45, 2.75) is 0 Å². The number of amides is 1. The molecule has 2 heterocycles. The first-order valence-corrected chi connectivity index (χ1v) is 8.25. The van der Waals surface area contributed by atoms with Gasteiger partial charge in [0.05, 0.1) is 26.9 Å². The minimum Gasteiger partial charge on any atom is -0.496 e. The number of benzene rings is 1. The fourth-order valence-corrected chi connectivity index (χ4v) is 2.59. The Morgan fingerprint density at radius 2 is 1.71 bits per heavy atom. The lowest BCUT2D eigenvalue weighted by Crippen LogP contribution is -2.15. The maximum atomic E-state index is 13.5. The maximum Gasteiger partial charge on any atom is 0.260 e. The van der Waals surface area contributed by atoms with Crippen LogP contribution in [0.2, 0.25) is 0 Å². The Bertz CT molecular complexity index is 1010. The molecule has 1 N–H and O–H groups in total. The molecule has 0 unspecified atom stereocenters. The van der Waals surface area contributed by atoms with E-state index in [1.807, 2.05) is 0 Å². The lowest BCUT2D eigenvalue weighted by Gasteiger charge is -2.13. The van der Waals surface area contributed by atoms with E-state index in [2.05, 4.69) is 15.3 Å². The largest absolute Gasteiger partial charge is 0.496 e. The Morgan fingerprint density at radius 3 is 2.43 bits per heavy atom. The molecule has 0 aliphatic heterocycles. The number of anilines is 1. The molecule has 0 saturated heterocycles. The lowest BCUT2D eigenvalue weighted by molar-refractivity contribution is 0.102. The zero-order valence-corrected chi connectivity index (χ0v) is 15.5. The van der Waals surface area contributed by atoms with E-state index in [-0.39, 0.29) is 17.1 Å². The van der Waals surface area contributed by atoms with Gasteiger partial charge in [-0.2, -0.15) is 0 Å². The highest BCUT2D eigenvalue weighted by molar-refractivity contribution is 6.06. The van der Waals surface area contributed by atoms with Gasteiger partial charge in [-0.3, -0.25) is 4.79 Å². The first-order chi connectivity index (χ1) is 13.5. The summed E-state index contributed by atoms with van der Waals surface area (Å²) >= 11 is 0. The number of nitrogens with one attached hydrogen (secondary N) is 1. The number of ether oxygens (including phenoxy) is 3. The molecular formula is C20H18FN3O4. The number of aromatic nitrogens is 2. The van der Waals surface area contributed by atoms with Crippen LogP contribution < -0.4 is 19.5 Å². The van der Waals surface area contributed by atoms with Crippen LogP contribution in [0.3, 0.4) is 0 Å². The number of rotatable bonds is 6. The standard InChI is InChI=1S/C20H18FN3O4/c1-26-16-5-4-14(21)10-15(16)20(25)24-19-17(27-2)8-13(11-23-19)12-6-7-22-18(9-12)28-3/h4-11H,1-3H3,(H,23,24,25). The summed E-state index contributed by atoms with van der Waals surface area (Å²) < 4.78 is 29.1. The molecule has 1 aromatic carbocycles. The molecule has 0 aliphatic rings. The van der Waals surface area contributed by atoms with Crippen molar-refractivity contribution >= 4 is 11.7 Å². The molecule has 1 amide bonds. The van der Waals surface area contributed by atoms with Gasteiger partial charge in [-0.25, -0.2) is 14.4 Å². The van der Waals surface area contributed by atoms with Crippen molar-refractivity contribution in [3.05, 3.63) is 60.2 Å². The number of methoxy groups -OCH3 is 3. The summed E-state index contributed by atoms with van der Waals surface area (Å²) in [5.41, 5.74) is 1.62. The van der Waals surface area contributed by atoms with Crippen LogP contribution in [-0.4, -0.2) is 37.2 Å². The van der Waals surface area contributed by atoms with E-state index in [4.69, 9.17) is 14.2 Å². The molecule has 0 bridgehead atoms. The third-order valence-electron chi connectivity index (χ3n) is 3.99. The Labute approximate surface area is 161 Å². The second-order valence-electron chi connectivity index (χ2n) is 5.66. The average Bonchev–Trinajstić information content (AvgIpc) is 2.73. The van der Waals surface area contributed by atoms with Crippen LogP contribution in [0.25, 0.3) is 11.1 Å². The molecule has 0 spiro atoms. The van der Waals surface area contributed by atoms with Crippen molar-refractivity contribution in [1.29, 1.82) is 0 Å². The molecular weight excluding hydrogens is 365 g/mol. The van der Waals surface area contributed by atoms with Gasteiger partial charge in [0, 0.05) is 24.0 Å². The van der Waals surface area contributed by atoms with Crippen LogP contribution in [0.5, 0.6) is 17.4 Å². The monoisotopic (exact) mass is 383 g/mol. The van der Waals surface area contributed by atoms with Crippen molar-refractivity contribution < 1.29 is 23.4 Å². The van der Waals surface area contributed by atoms with Crippen molar-refractivity contribution in [3.8, 4) is 28.5 Å². The van der Waals surface area contributed by atoms with E-state index >= 15 is 0 Å². The van der Waals surface area contributed by atoms with E-state index < -0.39 is 11.7 Å². The van der Waals surface area contributed by atoms with Gasteiger partial charge >= 0.3 is 0 Å². The van der Waals surface area contributed by atoms with Gasteiger partial charge in [0.1, 0.15) is 11.6 Å². The SMILES string of the molecule is COc1cc(-c2cnc(NC(=O)c3cc(F)ccc3OC)c(OC)c2)ccn1. The van der Waals surface area contributed by atoms with Crippen molar-refractivity contribution in [2.75, 3.05) is 26.6 Å². The second kappa shape index (κ2) is 8.34. The third kappa shape index (κ3) is 4.01. The molecule has 0 atom stereocenters. The highest BCUT2D eigenvalue weighted by Gasteiger charge is 2.17. The predicted octanol–water partition coefficient (Wildman–Crippen LogP) is 3.56. The Morgan fingerprint density at radius 1 is 0.929 bits per heavy atom. The zero-order chi connectivity index (χ0) is 20.1. The summed E-state index contributed by atoms with van der Waals surface area (Å²) in [6, 6.07) is 8.97. The van der Waals surface area contributed by atoms with E-state index in [1.54, 1.807) is 30.6 Å². The third-order valence-corrected chi connectivity index (χ3v) is 3.99. The Hall–Kier alpha value is -3.68. The van der Waals surface area contributed by atoms with Crippen LogP contribution in [0.15, 0.2) is 48.8 Å². The zero-order valence-electron chi connectivity index (χ0n) is 15.5. The summed E-state index contributed by atoms with van der Waals surface area (Å²) in [4.78, 5) is 20.9. The number of carbonyl (C=O) groups is 1. The molecule has 8 heteroatoms. The van der Waals surface area contributed by atoms with Crippen LogP contribution in [0.4, 0.5) is 10.2 Å². The van der Waals surface area contributed by atoms with Crippen LogP contribution >= 0.6 is 0 Å². The fourth-order valence-electron chi connectivity index (χ4n) is 2.59. The average molecular weight is 383 g/mol. The minimum absolute atomic E-state index is 0.0503. The number of hydrogen-bond donors (Lipinski definition) is 1. The highest BCUT2D eigenvalue weighted by Crippen LogP contribution is 2.30. The lowest BCUT2D eigenvalue weighted by atomic mass is 10.1. The number of halogens is 1. The molecule has 0 saturated carbocycles. The molecule has 7 nitrogen and oxygen atoms in total. The van der Waals surface area contributed by atoms with Crippen LogP contribution in [0.1, 0.15) is 10.4 Å². The summed E-state index contributed by atoms with van der Waals surface area (Å²) in [7, 11) is 4.40. The van der Waals surface area contributed by atoms with Gasteiger partial charge in [0.25, 0.3) is 5.91 Å². The molecule has 0 radical (unpaired) electrons. The smallest absolute Gasteiger partial charge is 0.260 e. The van der Waals surface area contributed by atoms with Gasteiger partial charge in [-0.1, -0.05) is 0 Å². The summed E-state index contributed by atoms with van der Waals surface area (Å²) in [6.07, 6.45) is 3.20. The van der Waals surface area contributed by atoms with E-state index in [0.29, 0.717) is 11.6 Å². The summed E-state index contributed by atoms with van der Waals surface area (Å²) in [5, 5.41) is 2.62. The number of pyridine rings is 2. The first kappa shape index (κ1) is 19.1. The quantitative estimate of drug-likeness (QED) is 0.701. The number of hydrogen-bond acceptors (Lipinski definition) is 6. The van der Waals surface area contributed by atoms with Gasteiger partial charge in [0.15, 0.2) is 11.6 Å². The summed E-state index contributed by atoms with van der Waals surface area (Å²) in [5.74, 6) is 0.138. The fraction of sp³-hybridized carbons (Fsp3) is 0.150. The molecule has 144 valence electrons. The molecule has 0 fully saturated rings.